The summed E-state index contributed by atoms with van der Waals surface area (Å²) in [6.45, 7) is 6.43. The average molecular weight is 309 g/mol. The molecular formula is C14H31NO4S. The molecule has 0 fully saturated rings. The van der Waals surface area contributed by atoms with E-state index in [-0.39, 0.29) is 0 Å². The monoisotopic (exact) mass is 309 g/mol. The van der Waals surface area contributed by atoms with Crippen molar-refractivity contribution in [1.82, 2.24) is 5.32 Å². The molecule has 0 aliphatic heterocycles. The Balaban J connectivity index is 4.05. The smallest absolute Gasteiger partial charge is 0.311 e. The molecule has 0 bridgehead atoms. The highest BCUT2D eigenvalue weighted by Crippen LogP contribution is 2.11. The molecule has 20 heavy (non-hydrogen) atoms. The number of unbranched alkanes of at least 4 members (excludes halogenated alkanes) is 4. The van der Waals surface area contributed by atoms with Crippen molar-refractivity contribution in [1.29, 1.82) is 0 Å². The maximum Gasteiger partial charge on any atom is 0.397 e. The van der Waals surface area contributed by atoms with E-state index >= 15 is 0 Å². The third-order valence-electron chi connectivity index (χ3n) is 3.29. The predicted molar refractivity (Wildman–Crippen MR) is 82.2 cm³/mol. The minimum atomic E-state index is -4.35. The summed E-state index contributed by atoms with van der Waals surface area (Å²) in [5.41, 5.74) is 0. The van der Waals surface area contributed by atoms with Crippen LogP contribution in [0, 0.1) is 0 Å². The summed E-state index contributed by atoms with van der Waals surface area (Å²) < 4.78 is 34.4. The Morgan fingerprint density at radius 3 is 1.95 bits per heavy atom. The quantitative estimate of drug-likeness (QED) is 0.403. The molecule has 0 aliphatic rings. The minimum Gasteiger partial charge on any atom is -0.311 e. The molecule has 0 aromatic rings. The maximum absolute atomic E-state index is 10.6. The SMILES string of the molecule is CCCCCC(CCCCC)NC[C@@H](C)OS(=O)(=O)O. The molecule has 0 aromatic carbocycles. The molecule has 2 N–H and O–H groups in total. The summed E-state index contributed by atoms with van der Waals surface area (Å²) in [6, 6.07) is 0.403. The lowest BCUT2D eigenvalue weighted by Crippen LogP contribution is -2.36. The molecule has 0 aromatic heterocycles. The van der Waals surface area contributed by atoms with Gasteiger partial charge in [-0.1, -0.05) is 52.4 Å². The second-order valence-electron chi connectivity index (χ2n) is 5.43. The van der Waals surface area contributed by atoms with Gasteiger partial charge in [-0.05, 0) is 19.8 Å². The van der Waals surface area contributed by atoms with Crippen LogP contribution in [0.3, 0.4) is 0 Å². The first-order valence-electron chi connectivity index (χ1n) is 7.78. The van der Waals surface area contributed by atoms with Crippen LogP contribution in [0.25, 0.3) is 0 Å². The molecule has 0 heterocycles. The number of hydrogen-bond acceptors (Lipinski definition) is 4. The van der Waals surface area contributed by atoms with Gasteiger partial charge in [0, 0.05) is 12.6 Å². The van der Waals surface area contributed by atoms with Gasteiger partial charge in [-0.25, -0.2) is 4.18 Å². The summed E-state index contributed by atoms with van der Waals surface area (Å²) >= 11 is 0. The zero-order valence-corrected chi connectivity index (χ0v) is 13.9. The highest BCUT2D eigenvalue weighted by Gasteiger charge is 2.14. The van der Waals surface area contributed by atoms with E-state index < -0.39 is 16.5 Å². The van der Waals surface area contributed by atoms with Gasteiger partial charge in [0.15, 0.2) is 0 Å². The van der Waals surface area contributed by atoms with Gasteiger partial charge in [0.05, 0.1) is 6.10 Å². The fourth-order valence-electron chi connectivity index (χ4n) is 2.20. The molecule has 0 saturated carbocycles. The number of rotatable bonds is 13. The predicted octanol–water partition coefficient (Wildman–Crippen LogP) is 3.31. The second kappa shape index (κ2) is 11.5. The van der Waals surface area contributed by atoms with Crippen LogP contribution in [-0.2, 0) is 14.6 Å². The molecule has 0 rings (SSSR count). The Kier molecular flexibility index (Phi) is 11.4. The Morgan fingerprint density at radius 1 is 1.05 bits per heavy atom. The first-order valence-corrected chi connectivity index (χ1v) is 9.14. The van der Waals surface area contributed by atoms with Crippen LogP contribution in [-0.4, -0.2) is 31.7 Å². The van der Waals surface area contributed by atoms with E-state index in [1.165, 1.54) is 38.5 Å². The van der Waals surface area contributed by atoms with Gasteiger partial charge in [-0.15, -0.1) is 0 Å². The Labute approximate surface area is 124 Å². The van der Waals surface area contributed by atoms with Gasteiger partial charge < -0.3 is 5.32 Å². The van der Waals surface area contributed by atoms with Crippen molar-refractivity contribution in [2.45, 2.75) is 84.3 Å². The standard InChI is InChI=1S/C14H31NO4S/c1-4-6-8-10-14(11-9-7-5-2)15-12-13(3)19-20(16,17)18/h13-15H,4-12H2,1-3H3,(H,16,17,18)/t13-/m1/s1. The lowest BCUT2D eigenvalue weighted by molar-refractivity contribution is 0.188. The molecule has 6 heteroatoms. The summed E-state index contributed by atoms with van der Waals surface area (Å²) in [4.78, 5) is 0. The topological polar surface area (TPSA) is 75.6 Å². The zero-order chi connectivity index (χ0) is 15.4. The first-order chi connectivity index (χ1) is 9.39. The third-order valence-corrected chi connectivity index (χ3v) is 3.86. The molecule has 1 atom stereocenters. The highest BCUT2D eigenvalue weighted by molar-refractivity contribution is 7.80. The van der Waals surface area contributed by atoms with Crippen molar-refractivity contribution < 1.29 is 17.2 Å². The van der Waals surface area contributed by atoms with E-state index in [2.05, 4.69) is 23.3 Å². The molecule has 122 valence electrons. The van der Waals surface area contributed by atoms with Crippen LogP contribution < -0.4 is 5.32 Å². The molecule has 0 radical (unpaired) electrons. The summed E-state index contributed by atoms with van der Waals surface area (Å²) in [5, 5.41) is 3.36. The second-order valence-corrected chi connectivity index (χ2v) is 6.48. The third kappa shape index (κ3) is 12.8. The van der Waals surface area contributed by atoms with E-state index in [1.54, 1.807) is 6.92 Å². The van der Waals surface area contributed by atoms with Crippen molar-refractivity contribution in [2.75, 3.05) is 6.54 Å². The first kappa shape index (κ1) is 19.8. The van der Waals surface area contributed by atoms with Gasteiger partial charge in [0.1, 0.15) is 0 Å². The molecular weight excluding hydrogens is 278 g/mol. The van der Waals surface area contributed by atoms with Crippen molar-refractivity contribution in [3.63, 3.8) is 0 Å². The minimum absolute atomic E-state index is 0.403. The lowest BCUT2D eigenvalue weighted by Gasteiger charge is -2.20. The van der Waals surface area contributed by atoms with E-state index in [1.807, 2.05) is 0 Å². The summed E-state index contributed by atoms with van der Waals surface area (Å²) in [5.74, 6) is 0. The van der Waals surface area contributed by atoms with Crippen molar-refractivity contribution in [3.05, 3.63) is 0 Å². The van der Waals surface area contributed by atoms with Crippen LogP contribution in [0.15, 0.2) is 0 Å². The highest BCUT2D eigenvalue weighted by atomic mass is 32.3. The van der Waals surface area contributed by atoms with Crippen molar-refractivity contribution >= 4 is 10.4 Å². The van der Waals surface area contributed by atoms with E-state index in [0.717, 1.165) is 12.8 Å². The number of hydrogen-bond donors (Lipinski definition) is 2. The lowest BCUT2D eigenvalue weighted by atomic mass is 10.0. The summed E-state index contributed by atoms with van der Waals surface area (Å²) in [7, 11) is -4.35. The molecule has 0 amide bonds. The average Bonchev–Trinajstić information content (AvgIpc) is 2.33. The molecule has 0 spiro atoms. The molecule has 0 unspecified atom stereocenters. The van der Waals surface area contributed by atoms with Gasteiger partial charge in [-0.2, -0.15) is 8.42 Å². The largest absolute Gasteiger partial charge is 0.397 e. The maximum atomic E-state index is 10.6. The Morgan fingerprint density at radius 2 is 1.55 bits per heavy atom. The van der Waals surface area contributed by atoms with Crippen molar-refractivity contribution in [3.8, 4) is 0 Å². The van der Waals surface area contributed by atoms with Gasteiger partial charge >= 0.3 is 10.4 Å². The molecule has 5 nitrogen and oxygen atoms in total. The van der Waals surface area contributed by atoms with Gasteiger partial charge in [0.2, 0.25) is 0 Å². The fourth-order valence-corrected chi connectivity index (χ4v) is 2.69. The van der Waals surface area contributed by atoms with Gasteiger partial charge in [-0.3, -0.25) is 4.55 Å². The number of nitrogens with one attached hydrogen (secondary N) is 1. The van der Waals surface area contributed by atoms with Crippen LogP contribution in [0.5, 0.6) is 0 Å². The molecule has 0 saturated heterocycles. The van der Waals surface area contributed by atoms with Crippen LogP contribution in [0.1, 0.15) is 72.1 Å². The zero-order valence-electron chi connectivity index (χ0n) is 13.1. The van der Waals surface area contributed by atoms with Crippen LogP contribution in [0.2, 0.25) is 0 Å². The Hall–Kier alpha value is -0.170. The fraction of sp³-hybridized carbons (Fsp3) is 1.00. The van der Waals surface area contributed by atoms with Crippen LogP contribution >= 0.6 is 0 Å². The normalized spacial score (nSPS) is 13.8. The van der Waals surface area contributed by atoms with E-state index in [4.69, 9.17) is 4.55 Å². The van der Waals surface area contributed by atoms with Crippen molar-refractivity contribution in [2.24, 2.45) is 0 Å². The van der Waals surface area contributed by atoms with Gasteiger partial charge in [0.25, 0.3) is 0 Å². The van der Waals surface area contributed by atoms with Crippen LogP contribution in [0.4, 0.5) is 0 Å². The summed E-state index contributed by atoms with van der Waals surface area (Å²) in [6.07, 6.45) is 8.89. The Bertz CT molecular complexity index is 309. The molecule has 0 aliphatic carbocycles. The van der Waals surface area contributed by atoms with E-state index in [0.29, 0.717) is 12.6 Å². The van der Waals surface area contributed by atoms with E-state index in [9.17, 15) is 8.42 Å².